The molecule has 0 spiro atoms. The van der Waals surface area contributed by atoms with Crippen LogP contribution in [0.2, 0.25) is 0 Å². The molecule has 0 radical (unpaired) electrons. The molecule has 0 saturated carbocycles. The molecule has 2 atom stereocenters. The van der Waals surface area contributed by atoms with E-state index in [4.69, 9.17) is 0 Å². The van der Waals surface area contributed by atoms with E-state index in [0.717, 1.165) is 6.42 Å². The third-order valence-corrected chi connectivity index (χ3v) is 4.29. The molecular weight excluding hydrogens is 244 g/mol. The lowest BCUT2D eigenvalue weighted by Gasteiger charge is -2.46. The molecule has 0 fully saturated rings. The van der Waals surface area contributed by atoms with Gasteiger partial charge in [0.1, 0.15) is 0 Å². The first-order valence-corrected chi connectivity index (χ1v) is 7.21. The first kappa shape index (κ1) is 14.8. The van der Waals surface area contributed by atoms with E-state index in [9.17, 15) is 5.11 Å². The number of hydrogen-bond acceptors (Lipinski definition) is 1. The maximum atomic E-state index is 10.5. The standard InChI is InChI=1S/C19H24O/c1-18(2,3)19(14-8-7-13-17(19)20)15-9-12-16-10-5-4-6-11-16/h4-14,17,20H,15H2,1-3H3/b12-9+. The SMILES string of the molecule is CC(C)(C)C1(C/C=C/c2ccccc2)C=CC=CC1O. The highest BCUT2D eigenvalue weighted by Crippen LogP contribution is 2.48. The molecule has 0 amide bonds. The Bertz CT molecular complexity index is 516. The minimum absolute atomic E-state index is 0.00525. The molecule has 1 heteroatoms. The van der Waals surface area contributed by atoms with Crippen molar-refractivity contribution in [3.63, 3.8) is 0 Å². The lowest BCUT2D eigenvalue weighted by molar-refractivity contribution is 0.0124. The lowest BCUT2D eigenvalue weighted by Crippen LogP contribution is -2.44. The third kappa shape index (κ3) is 2.94. The fourth-order valence-corrected chi connectivity index (χ4v) is 2.81. The molecule has 2 rings (SSSR count). The van der Waals surface area contributed by atoms with E-state index >= 15 is 0 Å². The normalized spacial score (nSPS) is 26.3. The smallest absolute Gasteiger partial charge is 0.0822 e. The van der Waals surface area contributed by atoms with E-state index in [2.05, 4.69) is 51.1 Å². The van der Waals surface area contributed by atoms with Gasteiger partial charge >= 0.3 is 0 Å². The van der Waals surface area contributed by atoms with Gasteiger partial charge in [0.25, 0.3) is 0 Å². The second kappa shape index (κ2) is 5.80. The molecule has 1 aromatic rings. The van der Waals surface area contributed by atoms with Crippen molar-refractivity contribution in [3.05, 3.63) is 66.3 Å². The second-order valence-electron chi connectivity index (χ2n) is 6.50. The van der Waals surface area contributed by atoms with Crippen molar-refractivity contribution >= 4 is 6.08 Å². The highest BCUT2D eigenvalue weighted by atomic mass is 16.3. The third-order valence-electron chi connectivity index (χ3n) is 4.29. The minimum atomic E-state index is -0.437. The number of rotatable bonds is 3. The van der Waals surface area contributed by atoms with E-state index in [-0.39, 0.29) is 10.8 Å². The molecule has 0 heterocycles. The van der Waals surface area contributed by atoms with Gasteiger partial charge in [-0.2, -0.15) is 0 Å². The molecule has 2 unspecified atom stereocenters. The van der Waals surface area contributed by atoms with Gasteiger partial charge in [-0.3, -0.25) is 0 Å². The molecule has 20 heavy (non-hydrogen) atoms. The van der Waals surface area contributed by atoms with Crippen molar-refractivity contribution in [1.82, 2.24) is 0 Å². The van der Waals surface area contributed by atoms with E-state index in [0.29, 0.717) is 0 Å². The Kier molecular flexibility index (Phi) is 4.29. The van der Waals surface area contributed by atoms with Gasteiger partial charge in [0.15, 0.2) is 0 Å². The van der Waals surface area contributed by atoms with Gasteiger partial charge in [0.05, 0.1) is 6.10 Å². The monoisotopic (exact) mass is 268 g/mol. The van der Waals surface area contributed by atoms with Crippen LogP contribution in [0.15, 0.2) is 60.7 Å². The van der Waals surface area contributed by atoms with Gasteiger partial charge in [0.2, 0.25) is 0 Å². The number of allylic oxidation sites excluding steroid dienone is 3. The van der Waals surface area contributed by atoms with Crippen molar-refractivity contribution in [2.45, 2.75) is 33.3 Å². The van der Waals surface area contributed by atoms with Crippen LogP contribution in [0, 0.1) is 10.8 Å². The van der Waals surface area contributed by atoms with Gasteiger partial charge in [0, 0.05) is 5.41 Å². The van der Waals surface area contributed by atoms with Crippen molar-refractivity contribution in [1.29, 1.82) is 0 Å². The van der Waals surface area contributed by atoms with Gasteiger partial charge < -0.3 is 5.11 Å². The average Bonchev–Trinajstić information content (AvgIpc) is 2.41. The molecule has 1 aliphatic carbocycles. The van der Waals surface area contributed by atoms with Gasteiger partial charge in [-0.1, -0.05) is 87.6 Å². The number of aliphatic hydroxyl groups is 1. The number of benzene rings is 1. The summed E-state index contributed by atoms with van der Waals surface area (Å²) in [5, 5.41) is 10.5. The van der Waals surface area contributed by atoms with Gasteiger partial charge in [-0.25, -0.2) is 0 Å². The van der Waals surface area contributed by atoms with Crippen LogP contribution >= 0.6 is 0 Å². The topological polar surface area (TPSA) is 20.2 Å². The lowest BCUT2D eigenvalue weighted by atomic mass is 9.60. The fraction of sp³-hybridized carbons (Fsp3) is 0.368. The van der Waals surface area contributed by atoms with Crippen LogP contribution in [-0.4, -0.2) is 11.2 Å². The van der Waals surface area contributed by atoms with Crippen LogP contribution in [0.4, 0.5) is 0 Å². The molecule has 1 aliphatic rings. The van der Waals surface area contributed by atoms with Crippen molar-refractivity contribution in [3.8, 4) is 0 Å². The predicted molar refractivity (Wildman–Crippen MR) is 86.3 cm³/mol. The Hall–Kier alpha value is -1.60. The highest BCUT2D eigenvalue weighted by Gasteiger charge is 2.44. The quantitative estimate of drug-likeness (QED) is 0.848. The summed E-state index contributed by atoms with van der Waals surface area (Å²) in [7, 11) is 0. The van der Waals surface area contributed by atoms with Crippen LogP contribution in [0.5, 0.6) is 0 Å². The summed E-state index contributed by atoms with van der Waals surface area (Å²) in [5.74, 6) is 0. The molecule has 1 aromatic carbocycles. The Morgan fingerprint density at radius 3 is 2.45 bits per heavy atom. The molecule has 0 aromatic heterocycles. The number of hydrogen-bond donors (Lipinski definition) is 1. The average molecular weight is 268 g/mol. The molecular formula is C19H24O. The Morgan fingerprint density at radius 2 is 1.85 bits per heavy atom. The summed E-state index contributed by atoms with van der Waals surface area (Å²) in [5.41, 5.74) is 0.947. The Balaban J connectivity index is 2.20. The minimum Gasteiger partial charge on any atom is -0.388 e. The van der Waals surface area contributed by atoms with Gasteiger partial charge in [-0.05, 0) is 17.4 Å². The van der Waals surface area contributed by atoms with Gasteiger partial charge in [-0.15, -0.1) is 0 Å². The zero-order valence-corrected chi connectivity index (χ0v) is 12.6. The van der Waals surface area contributed by atoms with Crippen molar-refractivity contribution in [2.24, 2.45) is 10.8 Å². The second-order valence-corrected chi connectivity index (χ2v) is 6.50. The molecule has 106 valence electrons. The zero-order valence-electron chi connectivity index (χ0n) is 12.6. The molecule has 0 aliphatic heterocycles. The van der Waals surface area contributed by atoms with E-state index in [1.807, 2.05) is 36.4 Å². The maximum Gasteiger partial charge on any atom is 0.0822 e. The van der Waals surface area contributed by atoms with E-state index in [1.165, 1.54) is 5.56 Å². The summed E-state index contributed by atoms with van der Waals surface area (Å²) in [6, 6.07) is 10.3. The predicted octanol–water partition coefficient (Wildman–Crippen LogP) is 4.61. The first-order chi connectivity index (χ1) is 9.46. The molecule has 1 N–H and O–H groups in total. The van der Waals surface area contributed by atoms with E-state index in [1.54, 1.807) is 0 Å². The largest absolute Gasteiger partial charge is 0.388 e. The van der Waals surface area contributed by atoms with E-state index < -0.39 is 6.10 Å². The Morgan fingerprint density at radius 1 is 1.15 bits per heavy atom. The summed E-state index contributed by atoms with van der Waals surface area (Å²) >= 11 is 0. The Labute approximate surface area is 122 Å². The van der Waals surface area contributed by atoms with Crippen LogP contribution in [0.25, 0.3) is 6.08 Å². The molecule has 0 saturated heterocycles. The summed E-state index contributed by atoms with van der Waals surface area (Å²) in [6.45, 7) is 6.57. The summed E-state index contributed by atoms with van der Waals surface area (Å²) in [4.78, 5) is 0. The molecule has 0 bridgehead atoms. The number of aliphatic hydroxyl groups excluding tert-OH is 1. The fourth-order valence-electron chi connectivity index (χ4n) is 2.81. The van der Waals surface area contributed by atoms with Crippen LogP contribution in [0.1, 0.15) is 32.8 Å². The van der Waals surface area contributed by atoms with Crippen LogP contribution in [-0.2, 0) is 0 Å². The zero-order chi connectivity index (χ0) is 14.6. The highest BCUT2D eigenvalue weighted by molar-refractivity contribution is 5.49. The molecule has 1 nitrogen and oxygen atoms in total. The first-order valence-electron chi connectivity index (χ1n) is 7.21. The van der Waals surface area contributed by atoms with Crippen LogP contribution in [0.3, 0.4) is 0 Å². The van der Waals surface area contributed by atoms with Crippen LogP contribution < -0.4 is 0 Å². The summed E-state index contributed by atoms with van der Waals surface area (Å²) in [6.07, 6.45) is 12.7. The van der Waals surface area contributed by atoms with Crippen molar-refractivity contribution < 1.29 is 5.11 Å². The summed E-state index contributed by atoms with van der Waals surface area (Å²) < 4.78 is 0. The maximum absolute atomic E-state index is 10.5. The van der Waals surface area contributed by atoms with Crippen molar-refractivity contribution in [2.75, 3.05) is 0 Å².